The summed E-state index contributed by atoms with van der Waals surface area (Å²) in [6, 6.07) is 8.25. The van der Waals surface area contributed by atoms with Gasteiger partial charge in [-0.25, -0.2) is 0 Å². The van der Waals surface area contributed by atoms with Gasteiger partial charge in [0, 0.05) is 13.5 Å². The Bertz CT molecular complexity index is 555. The summed E-state index contributed by atoms with van der Waals surface area (Å²) >= 11 is 3.35. The van der Waals surface area contributed by atoms with E-state index in [1.165, 1.54) is 11.1 Å². The lowest BCUT2D eigenvalue weighted by Gasteiger charge is -2.04. The van der Waals surface area contributed by atoms with Crippen LogP contribution in [0.3, 0.4) is 0 Å². The Morgan fingerprint density at radius 3 is 2.83 bits per heavy atom. The second-order valence-electron chi connectivity index (χ2n) is 4.38. The first-order valence-corrected chi connectivity index (χ1v) is 6.63. The summed E-state index contributed by atoms with van der Waals surface area (Å²) in [4.78, 5) is 12.1. The van der Waals surface area contributed by atoms with Crippen LogP contribution in [-0.2, 0) is 13.5 Å². The van der Waals surface area contributed by atoms with Gasteiger partial charge in [0.25, 0.3) is 0 Å². The van der Waals surface area contributed by atoms with E-state index in [-0.39, 0.29) is 5.78 Å². The molecule has 4 heteroatoms. The van der Waals surface area contributed by atoms with Crippen molar-refractivity contribution < 1.29 is 4.79 Å². The van der Waals surface area contributed by atoms with Gasteiger partial charge < -0.3 is 0 Å². The molecule has 0 atom stereocenters. The first kappa shape index (κ1) is 13.0. The van der Waals surface area contributed by atoms with Crippen molar-refractivity contribution in [2.75, 3.05) is 0 Å². The van der Waals surface area contributed by atoms with Crippen LogP contribution in [0.4, 0.5) is 0 Å². The normalized spacial score (nSPS) is 10.6. The molecule has 0 aliphatic carbocycles. The summed E-state index contributed by atoms with van der Waals surface area (Å²) in [5.74, 6) is 0.114. The van der Waals surface area contributed by atoms with Gasteiger partial charge in [0.1, 0.15) is 5.69 Å². The number of benzene rings is 1. The van der Waals surface area contributed by atoms with E-state index in [2.05, 4.69) is 46.2 Å². The summed E-state index contributed by atoms with van der Waals surface area (Å²) in [7, 11) is 1.78. The zero-order valence-corrected chi connectivity index (χ0v) is 12.1. The van der Waals surface area contributed by atoms with Crippen LogP contribution < -0.4 is 0 Å². The maximum absolute atomic E-state index is 12.1. The molecule has 94 valence electrons. The number of nitrogens with zero attached hydrogens (tertiary/aromatic N) is 2. The molecular formula is C14H15BrN2O. The zero-order valence-electron chi connectivity index (χ0n) is 10.5. The number of aromatic nitrogens is 2. The van der Waals surface area contributed by atoms with Crippen LogP contribution in [0.15, 0.2) is 34.9 Å². The summed E-state index contributed by atoms with van der Waals surface area (Å²) in [6.45, 7) is 2.06. The first-order chi connectivity index (χ1) is 8.58. The lowest BCUT2D eigenvalue weighted by molar-refractivity contribution is 0.0973. The number of ketones is 1. The van der Waals surface area contributed by atoms with Gasteiger partial charge >= 0.3 is 0 Å². The fraction of sp³-hybridized carbons (Fsp3) is 0.286. The highest BCUT2D eigenvalue weighted by Crippen LogP contribution is 2.18. The largest absolute Gasteiger partial charge is 0.292 e. The predicted octanol–water partition coefficient (Wildman–Crippen LogP) is 3.31. The Morgan fingerprint density at radius 1 is 1.44 bits per heavy atom. The third-order valence-corrected chi connectivity index (χ3v) is 3.46. The van der Waals surface area contributed by atoms with Gasteiger partial charge in [-0.3, -0.25) is 9.48 Å². The topological polar surface area (TPSA) is 34.9 Å². The summed E-state index contributed by atoms with van der Waals surface area (Å²) in [6.07, 6.45) is 2.92. The molecule has 0 unspecified atom stereocenters. The Balaban J connectivity index is 2.05. The third-order valence-electron chi connectivity index (χ3n) is 2.88. The van der Waals surface area contributed by atoms with E-state index < -0.39 is 0 Å². The molecule has 0 bridgehead atoms. The second kappa shape index (κ2) is 5.48. The predicted molar refractivity (Wildman–Crippen MR) is 74.7 cm³/mol. The average Bonchev–Trinajstić information content (AvgIpc) is 2.66. The number of rotatable bonds is 4. The Labute approximate surface area is 115 Å². The standard InChI is InChI=1S/C14H15BrN2O/c1-10-4-3-5-11(8-10)6-7-13(18)14-12(15)9-16-17(14)2/h3-5,8-9H,6-7H2,1-2H3. The van der Waals surface area contributed by atoms with Crippen LogP contribution >= 0.6 is 15.9 Å². The highest BCUT2D eigenvalue weighted by molar-refractivity contribution is 9.10. The smallest absolute Gasteiger partial charge is 0.182 e. The number of carbonyl (C=O) groups excluding carboxylic acids is 1. The maximum Gasteiger partial charge on any atom is 0.182 e. The summed E-state index contributed by atoms with van der Waals surface area (Å²) < 4.78 is 2.38. The van der Waals surface area contributed by atoms with Gasteiger partial charge in [-0.15, -0.1) is 0 Å². The molecule has 2 rings (SSSR count). The molecule has 0 radical (unpaired) electrons. The van der Waals surface area contributed by atoms with E-state index in [1.54, 1.807) is 17.9 Å². The number of aryl methyl sites for hydroxylation is 3. The molecule has 18 heavy (non-hydrogen) atoms. The molecule has 0 amide bonds. The molecule has 0 N–H and O–H groups in total. The van der Waals surface area contributed by atoms with Crippen molar-refractivity contribution in [1.82, 2.24) is 9.78 Å². The second-order valence-corrected chi connectivity index (χ2v) is 5.23. The van der Waals surface area contributed by atoms with E-state index in [1.807, 2.05) is 6.07 Å². The maximum atomic E-state index is 12.1. The van der Waals surface area contributed by atoms with Crippen molar-refractivity contribution in [3.63, 3.8) is 0 Å². The zero-order chi connectivity index (χ0) is 13.1. The first-order valence-electron chi connectivity index (χ1n) is 5.84. The highest BCUT2D eigenvalue weighted by atomic mass is 79.9. The van der Waals surface area contributed by atoms with E-state index in [0.717, 1.165) is 10.9 Å². The molecule has 1 aromatic heterocycles. The van der Waals surface area contributed by atoms with Crippen molar-refractivity contribution in [2.24, 2.45) is 7.05 Å². The fourth-order valence-corrected chi connectivity index (χ4v) is 2.54. The van der Waals surface area contributed by atoms with Gasteiger partial charge in [0.2, 0.25) is 0 Å². The van der Waals surface area contributed by atoms with E-state index in [9.17, 15) is 4.79 Å². The summed E-state index contributed by atoms with van der Waals surface area (Å²) in [5, 5.41) is 4.06. The number of Topliss-reactive ketones (excluding diaryl/α,β-unsaturated/α-hetero) is 1. The highest BCUT2D eigenvalue weighted by Gasteiger charge is 2.14. The van der Waals surface area contributed by atoms with Crippen molar-refractivity contribution in [3.8, 4) is 0 Å². The molecule has 0 aliphatic rings. The molecule has 0 aliphatic heterocycles. The lowest BCUT2D eigenvalue weighted by atomic mass is 10.0. The van der Waals surface area contributed by atoms with Crippen LogP contribution in [0, 0.1) is 6.92 Å². The monoisotopic (exact) mass is 306 g/mol. The summed E-state index contributed by atoms with van der Waals surface area (Å²) in [5.41, 5.74) is 3.06. The number of carbonyl (C=O) groups is 1. The van der Waals surface area contributed by atoms with Crippen LogP contribution in [0.1, 0.15) is 28.0 Å². The molecule has 0 saturated carbocycles. The minimum atomic E-state index is 0.114. The van der Waals surface area contributed by atoms with E-state index in [0.29, 0.717) is 12.1 Å². The number of hydrogen-bond donors (Lipinski definition) is 0. The quantitative estimate of drug-likeness (QED) is 0.812. The molecule has 0 spiro atoms. The molecular weight excluding hydrogens is 292 g/mol. The van der Waals surface area contributed by atoms with E-state index >= 15 is 0 Å². The van der Waals surface area contributed by atoms with Gasteiger partial charge in [-0.1, -0.05) is 29.8 Å². The van der Waals surface area contributed by atoms with Crippen LogP contribution in [0.5, 0.6) is 0 Å². The minimum absolute atomic E-state index is 0.114. The van der Waals surface area contributed by atoms with Crippen molar-refractivity contribution >= 4 is 21.7 Å². The van der Waals surface area contributed by atoms with Gasteiger partial charge in [0.15, 0.2) is 5.78 Å². The fourth-order valence-electron chi connectivity index (χ4n) is 1.97. The average molecular weight is 307 g/mol. The molecule has 0 fully saturated rings. The van der Waals surface area contributed by atoms with Crippen molar-refractivity contribution in [2.45, 2.75) is 19.8 Å². The molecule has 0 saturated heterocycles. The van der Waals surface area contributed by atoms with Crippen molar-refractivity contribution in [1.29, 1.82) is 0 Å². The molecule has 3 nitrogen and oxygen atoms in total. The van der Waals surface area contributed by atoms with Crippen LogP contribution in [0.2, 0.25) is 0 Å². The number of hydrogen-bond acceptors (Lipinski definition) is 2. The lowest BCUT2D eigenvalue weighted by Crippen LogP contribution is -2.08. The SMILES string of the molecule is Cc1cccc(CCC(=O)c2c(Br)cnn2C)c1. The Morgan fingerprint density at radius 2 is 2.22 bits per heavy atom. The third kappa shape index (κ3) is 2.88. The van der Waals surface area contributed by atoms with Crippen LogP contribution in [-0.4, -0.2) is 15.6 Å². The van der Waals surface area contributed by atoms with Crippen molar-refractivity contribution in [3.05, 3.63) is 51.8 Å². The Hall–Kier alpha value is -1.42. The van der Waals surface area contributed by atoms with Crippen LogP contribution in [0.25, 0.3) is 0 Å². The van der Waals surface area contributed by atoms with E-state index in [4.69, 9.17) is 0 Å². The molecule has 1 aromatic carbocycles. The van der Waals surface area contributed by atoms with Gasteiger partial charge in [-0.2, -0.15) is 5.10 Å². The van der Waals surface area contributed by atoms with Gasteiger partial charge in [0.05, 0.1) is 10.7 Å². The number of halogens is 1. The minimum Gasteiger partial charge on any atom is -0.292 e. The molecule has 2 aromatic rings. The molecule has 1 heterocycles. The Kier molecular flexibility index (Phi) is 3.97. The van der Waals surface area contributed by atoms with Gasteiger partial charge in [-0.05, 0) is 34.8 Å².